The first-order valence-corrected chi connectivity index (χ1v) is 8.05. The third-order valence-electron chi connectivity index (χ3n) is 3.21. The van der Waals surface area contributed by atoms with Gasteiger partial charge in [-0.1, -0.05) is 54.1 Å². The van der Waals surface area contributed by atoms with Gasteiger partial charge >= 0.3 is 0 Å². The molecule has 0 saturated carbocycles. The lowest BCUT2D eigenvalue weighted by Gasteiger charge is -2.11. The highest BCUT2D eigenvalue weighted by molar-refractivity contribution is 7.99. The predicted molar refractivity (Wildman–Crippen MR) is 88.5 cm³/mol. The molecule has 2 rings (SSSR count). The molecule has 106 valence electrons. The van der Waals surface area contributed by atoms with Crippen molar-refractivity contribution in [2.45, 2.75) is 43.5 Å². The number of benzene rings is 2. The lowest BCUT2D eigenvalue weighted by atomic mass is 10.1. The van der Waals surface area contributed by atoms with Crippen molar-refractivity contribution in [2.24, 2.45) is 0 Å². The minimum absolute atomic E-state index is 0.948. The summed E-state index contributed by atoms with van der Waals surface area (Å²) < 4.78 is 0. The van der Waals surface area contributed by atoms with Crippen molar-refractivity contribution in [3.8, 4) is 0 Å². The summed E-state index contributed by atoms with van der Waals surface area (Å²) in [7, 11) is 0. The fourth-order valence-electron chi connectivity index (χ4n) is 2.08. The monoisotopic (exact) mass is 285 g/mol. The molecule has 0 aliphatic heterocycles. The second-order valence-corrected chi connectivity index (χ2v) is 6.32. The Morgan fingerprint density at radius 2 is 1.65 bits per heavy atom. The van der Waals surface area contributed by atoms with Crippen LogP contribution in [0.5, 0.6) is 0 Å². The molecule has 0 atom stereocenters. The van der Waals surface area contributed by atoms with E-state index in [1.54, 1.807) is 0 Å². The minimum Gasteiger partial charge on any atom is -0.313 e. The summed E-state index contributed by atoms with van der Waals surface area (Å²) in [5.74, 6) is 0. The summed E-state index contributed by atoms with van der Waals surface area (Å²) >= 11 is 1.85. The van der Waals surface area contributed by atoms with Crippen LogP contribution in [0.3, 0.4) is 0 Å². The van der Waals surface area contributed by atoms with Crippen molar-refractivity contribution in [3.05, 3.63) is 59.2 Å². The van der Waals surface area contributed by atoms with Crippen molar-refractivity contribution in [2.75, 3.05) is 6.54 Å². The fourth-order valence-corrected chi connectivity index (χ4v) is 3.00. The van der Waals surface area contributed by atoms with Crippen LogP contribution < -0.4 is 5.32 Å². The highest BCUT2D eigenvalue weighted by Crippen LogP contribution is 2.31. The Kier molecular flexibility index (Phi) is 5.69. The summed E-state index contributed by atoms with van der Waals surface area (Å²) in [6.45, 7) is 8.50. The summed E-state index contributed by atoms with van der Waals surface area (Å²) in [4.78, 5) is 2.65. The van der Waals surface area contributed by atoms with Crippen molar-refractivity contribution in [1.29, 1.82) is 0 Å². The summed E-state index contributed by atoms with van der Waals surface area (Å²) in [6.07, 6.45) is 1.17. The van der Waals surface area contributed by atoms with E-state index in [1.807, 2.05) is 11.8 Å². The standard InChI is InChI=1S/C18H23NS/c1-4-11-19-13-16-12-15(3)7-10-18(16)20-17-8-5-14(2)6-9-17/h5-10,12,19H,4,11,13H2,1-3H3. The quantitative estimate of drug-likeness (QED) is 0.753. The van der Waals surface area contributed by atoms with Crippen LogP contribution in [0, 0.1) is 13.8 Å². The molecule has 0 unspecified atom stereocenters. The molecule has 0 aliphatic rings. The number of hydrogen-bond acceptors (Lipinski definition) is 2. The van der Waals surface area contributed by atoms with Gasteiger partial charge in [0.05, 0.1) is 0 Å². The van der Waals surface area contributed by atoms with Gasteiger partial charge in [0.1, 0.15) is 0 Å². The molecule has 1 nitrogen and oxygen atoms in total. The molecule has 0 aliphatic carbocycles. The first-order valence-electron chi connectivity index (χ1n) is 7.24. The zero-order valence-electron chi connectivity index (χ0n) is 12.6. The largest absolute Gasteiger partial charge is 0.313 e. The molecule has 0 saturated heterocycles. The molecule has 2 aromatic rings. The first-order chi connectivity index (χ1) is 9.69. The predicted octanol–water partition coefficient (Wildman–Crippen LogP) is 4.95. The Morgan fingerprint density at radius 1 is 0.950 bits per heavy atom. The second-order valence-electron chi connectivity index (χ2n) is 5.20. The van der Waals surface area contributed by atoms with E-state index in [9.17, 15) is 0 Å². The molecule has 0 bridgehead atoms. The topological polar surface area (TPSA) is 12.0 Å². The number of nitrogens with one attached hydrogen (secondary N) is 1. The third kappa shape index (κ3) is 4.39. The molecule has 0 spiro atoms. The summed E-state index contributed by atoms with van der Waals surface area (Å²) in [6, 6.07) is 15.5. The number of aryl methyl sites for hydroxylation is 2. The minimum atomic E-state index is 0.948. The molecular weight excluding hydrogens is 262 g/mol. The maximum atomic E-state index is 3.50. The lowest BCUT2D eigenvalue weighted by Crippen LogP contribution is -2.14. The molecule has 0 radical (unpaired) electrons. The van der Waals surface area contributed by atoms with E-state index in [-0.39, 0.29) is 0 Å². The third-order valence-corrected chi connectivity index (χ3v) is 4.33. The first kappa shape index (κ1) is 15.1. The Labute approximate surface area is 126 Å². The molecule has 2 aromatic carbocycles. The van der Waals surface area contributed by atoms with Crippen LogP contribution in [0.2, 0.25) is 0 Å². The number of hydrogen-bond donors (Lipinski definition) is 1. The Balaban J connectivity index is 2.15. The molecule has 2 heteroatoms. The summed E-state index contributed by atoms with van der Waals surface area (Å²) in [5, 5.41) is 3.50. The molecule has 0 amide bonds. The van der Waals surface area contributed by atoms with Crippen molar-refractivity contribution >= 4 is 11.8 Å². The second kappa shape index (κ2) is 7.51. The number of rotatable bonds is 6. The SMILES string of the molecule is CCCNCc1cc(C)ccc1Sc1ccc(C)cc1. The van der Waals surface area contributed by atoms with E-state index in [1.165, 1.54) is 32.9 Å². The Hall–Kier alpha value is -1.25. The van der Waals surface area contributed by atoms with Gasteiger partial charge in [-0.05, 0) is 50.6 Å². The van der Waals surface area contributed by atoms with Crippen molar-refractivity contribution in [3.63, 3.8) is 0 Å². The molecule has 20 heavy (non-hydrogen) atoms. The Bertz CT molecular complexity index is 546. The maximum absolute atomic E-state index is 3.50. The van der Waals surface area contributed by atoms with E-state index in [0.29, 0.717) is 0 Å². The zero-order valence-corrected chi connectivity index (χ0v) is 13.4. The highest BCUT2D eigenvalue weighted by Gasteiger charge is 2.05. The summed E-state index contributed by atoms with van der Waals surface area (Å²) in [5.41, 5.74) is 4.03. The molecule has 0 aromatic heterocycles. The van der Waals surface area contributed by atoms with Gasteiger partial charge in [0.25, 0.3) is 0 Å². The smallest absolute Gasteiger partial charge is 0.0216 e. The Morgan fingerprint density at radius 3 is 2.35 bits per heavy atom. The van der Waals surface area contributed by atoms with Gasteiger partial charge in [-0.15, -0.1) is 0 Å². The normalized spacial score (nSPS) is 10.8. The van der Waals surface area contributed by atoms with Crippen LogP contribution in [-0.4, -0.2) is 6.54 Å². The van der Waals surface area contributed by atoms with Gasteiger partial charge < -0.3 is 5.32 Å². The van der Waals surface area contributed by atoms with Crippen LogP contribution in [0.15, 0.2) is 52.3 Å². The van der Waals surface area contributed by atoms with Gasteiger partial charge in [0, 0.05) is 16.3 Å². The lowest BCUT2D eigenvalue weighted by molar-refractivity contribution is 0.669. The van der Waals surface area contributed by atoms with Crippen LogP contribution in [0.4, 0.5) is 0 Å². The van der Waals surface area contributed by atoms with Crippen LogP contribution >= 0.6 is 11.8 Å². The van der Waals surface area contributed by atoms with Gasteiger partial charge in [0.2, 0.25) is 0 Å². The average molecular weight is 285 g/mol. The van der Waals surface area contributed by atoms with Gasteiger partial charge in [0.15, 0.2) is 0 Å². The van der Waals surface area contributed by atoms with Gasteiger partial charge in [-0.2, -0.15) is 0 Å². The van der Waals surface area contributed by atoms with Crippen LogP contribution in [0.25, 0.3) is 0 Å². The van der Waals surface area contributed by atoms with E-state index >= 15 is 0 Å². The van der Waals surface area contributed by atoms with Crippen molar-refractivity contribution in [1.82, 2.24) is 5.32 Å². The van der Waals surface area contributed by atoms with Crippen LogP contribution in [-0.2, 0) is 6.54 Å². The van der Waals surface area contributed by atoms with E-state index in [2.05, 4.69) is 68.6 Å². The highest BCUT2D eigenvalue weighted by atomic mass is 32.2. The molecular formula is C18H23NS. The average Bonchev–Trinajstić information content (AvgIpc) is 2.44. The maximum Gasteiger partial charge on any atom is 0.0216 e. The molecule has 0 heterocycles. The molecule has 1 N–H and O–H groups in total. The van der Waals surface area contributed by atoms with Crippen LogP contribution in [0.1, 0.15) is 30.0 Å². The van der Waals surface area contributed by atoms with Gasteiger partial charge in [-0.25, -0.2) is 0 Å². The van der Waals surface area contributed by atoms with E-state index < -0.39 is 0 Å². The molecule has 0 fully saturated rings. The van der Waals surface area contributed by atoms with E-state index in [4.69, 9.17) is 0 Å². The fraction of sp³-hybridized carbons (Fsp3) is 0.333. The van der Waals surface area contributed by atoms with Gasteiger partial charge in [-0.3, -0.25) is 0 Å². The van der Waals surface area contributed by atoms with E-state index in [0.717, 1.165) is 13.1 Å². The van der Waals surface area contributed by atoms with Crippen molar-refractivity contribution < 1.29 is 0 Å². The zero-order chi connectivity index (χ0) is 14.4.